The van der Waals surface area contributed by atoms with E-state index in [1.807, 2.05) is 0 Å². The summed E-state index contributed by atoms with van der Waals surface area (Å²) in [5.41, 5.74) is 0.997. The number of halogens is 2. The first kappa shape index (κ1) is 19.8. The number of carbonyl (C=O) groups is 3. The van der Waals surface area contributed by atoms with Gasteiger partial charge in [-0.05, 0) is 42.5 Å². The molecule has 0 aliphatic rings. The second-order valence-corrected chi connectivity index (χ2v) is 6.76. The SMILES string of the molecule is O=C(COC(=O)c1ccccc1C(=O)c1ccc(Cl)cc1)c1cccc(Cl)c1. The molecule has 28 heavy (non-hydrogen) atoms. The van der Waals surface area contributed by atoms with Crippen molar-refractivity contribution in [1.29, 1.82) is 0 Å². The van der Waals surface area contributed by atoms with E-state index in [9.17, 15) is 14.4 Å². The molecule has 0 fully saturated rings. The Bertz CT molecular complexity index is 1040. The van der Waals surface area contributed by atoms with Crippen LogP contribution in [0.1, 0.15) is 36.6 Å². The predicted octanol–water partition coefficient (Wildman–Crippen LogP) is 5.26. The average molecular weight is 413 g/mol. The Hall–Kier alpha value is -2.95. The van der Waals surface area contributed by atoms with Crippen LogP contribution in [0.2, 0.25) is 10.0 Å². The third-order valence-electron chi connectivity index (χ3n) is 3.98. The predicted molar refractivity (Wildman–Crippen MR) is 107 cm³/mol. The lowest BCUT2D eigenvalue weighted by molar-refractivity contribution is 0.0473. The molecule has 0 saturated heterocycles. The number of benzene rings is 3. The molecular formula is C22H14Cl2O4. The highest BCUT2D eigenvalue weighted by Gasteiger charge is 2.20. The van der Waals surface area contributed by atoms with Gasteiger partial charge >= 0.3 is 5.97 Å². The van der Waals surface area contributed by atoms with Gasteiger partial charge in [-0.3, -0.25) is 9.59 Å². The fourth-order valence-corrected chi connectivity index (χ4v) is 2.89. The van der Waals surface area contributed by atoms with Crippen molar-refractivity contribution in [1.82, 2.24) is 0 Å². The van der Waals surface area contributed by atoms with Gasteiger partial charge in [-0.2, -0.15) is 0 Å². The van der Waals surface area contributed by atoms with Crippen LogP contribution in [0.5, 0.6) is 0 Å². The van der Waals surface area contributed by atoms with E-state index in [1.165, 1.54) is 18.2 Å². The third-order valence-corrected chi connectivity index (χ3v) is 4.47. The van der Waals surface area contributed by atoms with E-state index in [2.05, 4.69) is 0 Å². The van der Waals surface area contributed by atoms with Gasteiger partial charge in [0.1, 0.15) is 0 Å². The minimum atomic E-state index is -0.756. The molecular weight excluding hydrogens is 399 g/mol. The first-order valence-electron chi connectivity index (χ1n) is 8.31. The number of ether oxygens (including phenoxy) is 1. The molecule has 4 nitrogen and oxygen atoms in total. The highest BCUT2D eigenvalue weighted by Crippen LogP contribution is 2.18. The van der Waals surface area contributed by atoms with Gasteiger partial charge in [0.2, 0.25) is 0 Å². The van der Waals surface area contributed by atoms with E-state index in [0.717, 1.165) is 0 Å². The molecule has 0 atom stereocenters. The van der Waals surface area contributed by atoms with Crippen LogP contribution in [-0.4, -0.2) is 24.1 Å². The molecule has 6 heteroatoms. The number of rotatable bonds is 6. The summed E-state index contributed by atoms with van der Waals surface area (Å²) >= 11 is 11.7. The van der Waals surface area contributed by atoms with Crippen molar-refractivity contribution < 1.29 is 19.1 Å². The quantitative estimate of drug-likeness (QED) is 0.408. The summed E-state index contributed by atoms with van der Waals surface area (Å²) in [6.45, 7) is -0.456. The standard InChI is InChI=1S/C22H14Cl2O4/c23-16-10-8-14(9-11-16)21(26)18-6-1-2-7-19(18)22(27)28-13-20(25)15-4-3-5-17(24)12-15/h1-12H,13H2. The number of hydrogen-bond acceptors (Lipinski definition) is 4. The van der Waals surface area contributed by atoms with E-state index in [1.54, 1.807) is 54.6 Å². The summed E-state index contributed by atoms with van der Waals surface area (Å²) in [6, 6.07) is 19.0. The van der Waals surface area contributed by atoms with Gasteiger partial charge in [0.15, 0.2) is 18.2 Å². The molecule has 0 bridgehead atoms. The zero-order chi connectivity index (χ0) is 20.1. The average Bonchev–Trinajstić information content (AvgIpc) is 2.71. The zero-order valence-electron chi connectivity index (χ0n) is 14.5. The summed E-state index contributed by atoms with van der Waals surface area (Å²) in [6.07, 6.45) is 0. The van der Waals surface area contributed by atoms with Crippen LogP contribution < -0.4 is 0 Å². The highest BCUT2D eigenvalue weighted by molar-refractivity contribution is 6.31. The molecule has 0 aliphatic carbocycles. The first-order chi connectivity index (χ1) is 13.5. The Morgan fingerprint density at radius 3 is 2.07 bits per heavy atom. The molecule has 3 aromatic carbocycles. The summed E-state index contributed by atoms with van der Waals surface area (Å²) < 4.78 is 5.13. The summed E-state index contributed by atoms with van der Waals surface area (Å²) in [5, 5.41) is 0.917. The van der Waals surface area contributed by atoms with Gasteiger partial charge in [0.05, 0.1) is 5.56 Å². The Balaban J connectivity index is 1.76. The second kappa shape index (κ2) is 8.83. The highest BCUT2D eigenvalue weighted by atomic mass is 35.5. The lowest BCUT2D eigenvalue weighted by Crippen LogP contribution is -2.17. The van der Waals surface area contributed by atoms with Crippen molar-refractivity contribution in [3.05, 3.63) is 105 Å². The molecule has 140 valence electrons. The molecule has 0 unspecified atom stereocenters. The van der Waals surface area contributed by atoms with Crippen LogP contribution >= 0.6 is 23.2 Å². The molecule has 0 aromatic heterocycles. The third kappa shape index (κ3) is 4.66. The summed E-state index contributed by atoms with van der Waals surface area (Å²) in [7, 11) is 0. The van der Waals surface area contributed by atoms with Crippen LogP contribution in [0, 0.1) is 0 Å². The zero-order valence-corrected chi connectivity index (χ0v) is 16.0. The van der Waals surface area contributed by atoms with Gasteiger partial charge in [-0.1, -0.05) is 53.5 Å². The van der Waals surface area contributed by atoms with Gasteiger partial charge in [0, 0.05) is 26.7 Å². The van der Waals surface area contributed by atoms with E-state index < -0.39 is 18.4 Å². The first-order valence-corrected chi connectivity index (χ1v) is 9.06. The molecule has 3 aromatic rings. The molecule has 3 rings (SSSR count). The Labute approximate surface area is 171 Å². The number of esters is 1. The maximum atomic E-state index is 12.7. The van der Waals surface area contributed by atoms with Gasteiger partial charge < -0.3 is 4.74 Å². The number of Topliss-reactive ketones (excluding diaryl/α,β-unsaturated/α-hetero) is 1. The van der Waals surface area contributed by atoms with Gasteiger partial charge in [-0.15, -0.1) is 0 Å². The van der Waals surface area contributed by atoms with Crippen LogP contribution in [0.3, 0.4) is 0 Å². The van der Waals surface area contributed by atoms with Crippen LogP contribution in [0.25, 0.3) is 0 Å². The van der Waals surface area contributed by atoms with Crippen molar-refractivity contribution in [3.63, 3.8) is 0 Å². The normalized spacial score (nSPS) is 10.4. The molecule has 0 spiro atoms. The van der Waals surface area contributed by atoms with Crippen LogP contribution in [0.4, 0.5) is 0 Å². The fourth-order valence-electron chi connectivity index (χ4n) is 2.57. The topological polar surface area (TPSA) is 60.4 Å². The van der Waals surface area contributed by atoms with E-state index in [-0.39, 0.29) is 16.9 Å². The van der Waals surface area contributed by atoms with Crippen molar-refractivity contribution >= 4 is 40.7 Å². The van der Waals surface area contributed by atoms with Crippen molar-refractivity contribution in [2.24, 2.45) is 0 Å². The number of hydrogen-bond donors (Lipinski definition) is 0. The monoisotopic (exact) mass is 412 g/mol. The number of carbonyl (C=O) groups excluding carboxylic acids is 3. The Morgan fingerprint density at radius 2 is 1.39 bits per heavy atom. The maximum absolute atomic E-state index is 12.7. The van der Waals surface area contributed by atoms with Gasteiger partial charge in [0.25, 0.3) is 0 Å². The van der Waals surface area contributed by atoms with Crippen LogP contribution in [0.15, 0.2) is 72.8 Å². The summed E-state index contributed by atoms with van der Waals surface area (Å²) in [5.74, 6) is -1.49. The maximum Gasteiger partial charge on any atom is 0.339 e. The largest absolute Gasteiger partial charge is 0.454 e. The summed E-state index contributed by atoms with van der Waals surface area (Å²) in [4.78, 5) is 37.4. The van der Waals surface area contributed by atoms with E-state index >= 15 is 0 Å². The molecule has 0 amide bonds. The lowest BCUT2D eigenvalue weighted by Gasteiger charge is -2.09. The molecule has 0 radical (unpaired) electrons. The van der Waals surface area contributed by atoms with E-state index in [4.69, 9.17) is 27.9 Å². The van der Waals surface area contributed by atoms with Crippen LogP contribution in [-0.2, 0) is 4.74 Å². The lowest BCUT2D eigenvalue weighted by atomic mass is 9.98. The molecule has 0 N–H and O–H groups in total. The molecule has 0 heterocycles. The molecule has 0 aliphatic heterocycles. The van der Waals surface area contributed by atoms with E-state index in [0.29, 0.717) is 21.2 Å². The Kier molecular flexibility index (Phi) is 6.24. The molecule has 0 saturated carbocycles. The minimum Gasteiger partial charge on any atom is -0.454 e. The van der Waals surface area contributed by atoms with Crippen molar-refractivity contribution in [3.8, 4) is 0 Å². The Morgan fingerprint density at radius 1 is 0.714 bits per heavy atom. The van der Waals surface area contributed by atoms with Crippen molar-refractivity contribution in [2.45, 2.75) is 0 Å². The minimum absolute atomic E-state index is 0.0846. The number of ketones is 2. The fraction of sp³-hybridized carbons (Fsp3) is 0.0455. The smallest absolute Gasteiger partial charge is 0.339 e. The van der Waals surface area contributed by atoms with Crippen molar-refractivity contribution in [2.75, 3.05) is 6.61 Å². The second-order valence-electron chi connectivity index (χ2n) is 5.89. The van der Waals surface area contributed by atoms with Gasteiger partial charge in [-0.25, -0.2) is 4.79 Å².